The molecule has 0 spiro atoms. The Kier molecular flexibility index (Phi) is 8.67. The van der Waals surface area contributed by atoms with Crippen LogP contribution in [0.2, 0.25) is 0 Å². The summed E-state index contributed by atoms with van der Waals surface area (Å²) in [6.07, 6.45) is 0.350. The predicted molar refractivity (Wildman–Crippen MR) is 112 cm³/mol. The Labute approximate surface area is 173 Å². The molecular formula is C22H29NO5S. The molecule has 1 N–H and O–H groups in total. The quantitative estimate of drug-likeness (QED) is 0.576. The second-order valence-electron chi connectivity index (χ2n) is 7.11. The van der Waals surface area contributed by atoms with E-state index in [0.717, 1.165) is 24.0 Å². The van der Waals surface area contributed by atoms with Crippen LogP contribution in [0.5, 0.6) is 0 Å². The van der Waals surface area contributed by atoms with Gasteiger partial charge in [0.1, 0.15) is 6.61 Å². The number of amides is 1. The van der Waals surface area contributed by atoms with Crippen molar-refractivity contribution in [1.29, 1.82) is 0 Å². The van der Waals surface area contributed by atoms with Crippen LogP contribution in [0.4, 0.5) is 4.79 Å². The number of carbonyl (C=O) groups is 1. The molecule has 7 heteroatoms. The van der Waals surface area contributed by atoms with Crippen LogP contribution < -0.4 is 5.32 Å². The van der Waals surface area contributed by atoms with E-state index in [4.69, 9.17) is 8.92 Å². The molecule has 2 rings (SSSR count). The highest BCUT2D eigenvalue weighted by Crippen LogP contribution is 2.21. The normalized spacial score (nSPS) is 13.5. The third-order valence-corrected chi connectivity index (χ3v) is 5.95. The topological polar surface area (TPSA) is 81.7 Å². The van der Waals surface area contributed by atoms with Gasteiger partial charge in [-0.1, -0.05) is 68.3 Å². The van der Waals surface area contributed by atoms with Crippen molar-refractivity contribution in [2.45, 2.75) is 51.2 Å². The zero-order valence-corrected chi connectivity index (χ0v) is 17.9. The van der Waals surface area contributed by atoms with Gasteiger partial charge in [-0.05, 0) is 37.0 Å². The van der Waals surface area contributed by atoms with Gasteiger partial charge in [0.25, 0.3) is 10.1 Å². The van der Waals surface area contributed by atoms with E-state index in [1.807, 2.05) is 51.1 Å². The molecular weight excluding hydrogens is 390 g/mol. The van der Waals surface area contributed by atoms with Gasteiger partial charge in [-0.15, -0.1) is 0 Å². The van der Waals surface area contributed by atoms with Crippen molar-refractivity contribution in [3.05, 3.63) is 65.7 Å². The van der Waals surface area contributed by atoms with Crippen LogP contribution in [0.3, 0.4) is 0 Å². The van der Waals surface area contributed by atoms with Crippen molar-refractivity contribution >= 4 is 16.2 Å². The first-order valence-corrected chi connectivity index (χ1v) is 11.2. The first kappa shape index (κ1) is 22.9. The van der Waals surface area contributed by atoms with Gasteiger partial charge >= 0.3 is 6.09 Å². The summed E-state index contributed by atoms with van der Waals surface area (Å²) < 4.78 is 36.0. The number of aryl methyl sites for hydroxylation is 1. The fourth-order valence-corrected chi connectivity index (χ4v) is 4.02. The lowest BCUT2D eigenvalue weighted by molar-refractivity contribution is 0.116. The number of benzene rings is 2. The van der Waals surface area contributed by atoms with E-state index in [1.54, 1.807) is 12.1 Å². The molecule has 0 aliphatic rings. The van der Waals surface area contributed by atoms with E-state index in [-0.39, 0.29) is 24.0 Å². The molecule has 0 heterocycles. The third-order valence-electron chi connectivity index (χ3n) is 4.60. The van der Waals surface area contributed by atoms with Crippen molar-refractivity contribution in [2.24, 2.45) is 5.92 Å². The molecule has 0 aromatic heterocycles. The highest BCUT2D eigenvalue weighted by atomic mass is 32.2. The molecule has 6 nitrogen and oxygen atoms in total. The highest BCUT2D eigenvalue weighted by molar-refractivity contribution is 7.86. The molecule has 0 unspecified atom stereocenters. The smallest absolute Gasteiger partial charge is 0.407 e. The average Bonchev–Trinajstić information content (AvgIpc) is 2.70. The Morgan fingerprint density at radius 1 is 1.07 bits per heavy atom. The van der Waals surface area contributed by atoms with E-state index in [2.05, 4.69) is 5.32 Å². The van der Waals surface area contributed by atoms with E-state index >= 15 is 0 Å². The number of nitrogens with one attached hydrogen (secondary N) is 1. The third kappa shape index (κ3) is 7.51. The largest absolute Gasteiger partial charge is 0.445 e. The van der Waals surface area contributed by atoms with Crippen molar-refractivity contribution in [1.82, 2.24) is 5.32 Å². The van der Waals surface area contributed by atoms with Gasteiger partial charge in [0.05, 0.1) is 11.0 Å². The van der Waals surface area contributed by atoms with Gasteiger partial charge in [-0.3, -0.25) is 4.18 Å². The van der Waals surface area contributed by atoms with Crippen LogP contribution in [-0.2, 0) is 25.6 Å². The van der Waals surface area contributed by atoms with Gasteiger partial charge in [0.15, 0.2) is 0 Å². The van der Waals surface area contributed by atoms with E-state index in [0.29, 0.717) is 0 Å². The molecule has 2 aromatic carbocycles. The zero-order valence-electron chi connectivity index (χ0n) is 17.1. The van der Waals surface area contributed by atoms with Gasteiger partial charge in [-0.25, -0.2) is 4.79 Å². The van der Waals surface area contributed by atoms with Gasteiger partial charge in [-0.2, -0.15) is 8.42 Å². The van der Waals surface area contributed by atoms with Crippen LogP contribution in [0.15, 0.2) is 59.5 Å². The first-order valence-electron chi connectivity index (χ1n) is 9.76. The Morgan fingerprint density at radius 3 is 2.34 bits per heavy atom. The summed E-state index contributed by atoms with van der Waals surface area (Å²) in [5, 5.41) is 2.62. The molecule has 0 saturated heterocycles. The van der Waals surface area contributed by atoms with Crippen LogP contribution in [0.25, 0.3) is 0 Å². The second kappa shape index (κ2) is 11.0. The van der Waals surface area contributed by atoms with Crippen molar-refractivity contribution in [3.63, 3.8) is 0 Å². The van der Waals surface area contributed by atoms with Gasteiger partial charge < -0.3 is 10.1 Å². The molecule has 0 saturated carbocycles. The standard InChI is InChI=1S/C22H29NO5S/c1-4-8-18(3)21(28-29(25,26)20-13-11-17(2)12-14-20)15-23-22(24)27-16-19-9-6-5-7-10-19/h5-7,9-14,18,21H,4,8,15-16H2,1-3H3,(H,23,24)/t18-,21-/m1/s1. The lowest BCUT2D eigenvalue weighted by Gasteiger charge is -2.24. The fraction of sp³-hybridized carbons (Fsp3) is 0.409. The summed E-state index contributed by atoms with van der Waals surface area (Å²) in [4.78, 5) is 12.1. The maximum absolute atomic E-state index is 12.7. The lowest BCUT2D eigenvalue weighted by atomic mass is 9.99. The summed E-state index contributed by atoms with van der Waals surface area (Å²) in [6, 6.07) is 15.8. The summed E-state index contributed by atoms with van der Waals surface area (Å²) in [5.41, 5.74) is 1.83. The number of hydrogen-bond donors (Lipinski definition) is 1. The Balaban J connectivity index is 1.98. The summed E-state index contributed by atoms with van der Waals surface area (Å²) >= 11 is 0. The Bertz CT molecular complexity index is 866. The fourth-order valence-electron chi connectivity index (χ4n) is 2.85. The van der Waals surface area contributed by atoms with Crippen LogP contribution >= 0.6 is 0 Å². The minimum absolute atomic E-state index is 0.0415. The summed E-state index contributed by atoms with van der Waals surface area (Å²) in [7, 11) is -3.93. The van der Waals surface area contributed by atoms with Crippen molar-refractivity contribution in [3.8, 4) is 0 Å². The van der Waals surface area contributed by atoms with E-state index < -0.39 is 22.3 Å². The second-order valence-corrected chi connectivity index (χ2v) is 8.68. The van der Waals surface area contributed by atoms with Gasteiger partial charge in [0.2, 0.25) is 0 Å². The van der Waals surface area contributed by atoms with E-state index in [1.165, 1.54) is 12.1 Å². The minimum Gasteiger partial charge on any atom is -0.445 e. The number of carbonyl (C=O) groups excluding carboxylic acids is 1. The summed E-state index contributed by atoms with van der Waals surface area (Å²) in [5.74, 6) is -0.0605. The Morgan fingerprint density at radius 2 is 1.72 bits per heavy atom. The molecule has 29 heavy (non-hydrogen) atoms. The highest BCUT2D eigenvalue weighted by Gasteiger charge is 2.26. The molecule has 1 amide bonds. The van der Waals surface area contributed by atoms with Crippen LogP contribution in [0, 0.1) is 12.8 Å². The monoisotopic (exact) mass is 419 g/mol. The van der Waals surface area contributed by atoms with Crippen LogP contribution in [0.1, 0.15) is 37.8 Å². The van der Waals surface area contributed by atoms with Crippen molar-refractivity contribution < 1.29 is 22.1 Å². The predicted octanol–water partition coefficient (Wildman–Crippen LogP) is 4.43. The molecule has 0 bridgehead atoms. The molecule has 158 valence electrons. The number of hydrogen-bond acceptors (Lipinski definition) is 5. The van der Waals surface area contributed by atoms with Crippen LogP contribution in [-0.4, -0.2) is 27.2 Å². The SMILES string of the molecule is CCC[C@@H](C)[C@@H](CNC(=O)OCc1ccccc1)OS(=O)(=O)c1ccc(C)cc1. The molecule has 2 aromatic rings. The zero-order chi connectivity index (χ0) is 21.3. The number of rotatable bonds is 10. The minimum atomic E-state index is -3.93. The van der Waals surface area contributed by atoms with E-state index in [9.17, 15) is 13.2 Å². The molecule has 0 fully saturated rings. The average molecular weight is 420 g/mol. The van der Waals surface area contributed by atoms with Gasteiger partial charge in [0, 0.05) is 6.54 Å². The number of alkyl carbamates (subject to hydrolysis) is 1. The molecule has 0 radical (unpaired) electrons. The maximum Gasteiger partial charge on any atom is 0.407 e. The first-order chi connectivity index (χ1) is 13.8. The summed E-state index contributed by atoms with van der Waals surface area (Å²) in [6.45, 7) is 6.00. The maximum atomic E-state index is 12.7. The molecule has 0 aliphatic carbocycles. The number of ether oxygens (including phenoxy) is 1. The lowest BCUT2D eigenvalue weighted by Crippen LogP contribution is -2.38. The molecule has 0 aliphatic heterocycles. The van der Waals surface area contributed by atoms with Crippen molar-refractivity contribution in [2.75, 3.05) is 6.54 Å². The Hall–Kier alpha value is -2.38. The molecule has 2 atom stereocenters.